The van der Waals surface area contributed by atoms with Crippen molar-refractivity contribution in [1.29, 1.82) is 0 Å². The van der Waals surface area contributed by atoms with Crippen LogP contribution in [0.2, 0.25) is 0 Å². The number of hydrogen-bond acceptors (Lipinski definition) is 5. The molecule has 0 aliphatic heterocycles. The molecule has 0 amide bonds. The van der Waals surface area contributed by atoms with Crippen molar-refractivity contribution in [3.63, 3.8) is 0 Å². The van der Waals surface area contributed by atoms with E-state index in [2.05, 4.69) is 23.2 Å². The van der Waals surface area contributed by atoms with Gasteiger partial charge in [-0.1, -0.05) is 30.3 Å². The van der Waals surface area contributed by atoms with Crippen molar-refractivity contribution in [3.8, 4) is 11.5 Å². The number of rotatable bonds is 6. The molecule has 0 bridgehead atoms. The van der Waals surface area contributed by atoms with Crippen LogP contribution < -0.4 is 9.47 Å². The van der Waals surface area contributed by atoms with Crippen LogP contribution in [0, 0.1) is 20.8 Å². The molecule has 0 aliphatic carbocycles. The third-order valence-corrected chi connectivity index (χ3v) is 3.83. The fourth-order valence-corrected chi connectivity index (χ4v) is 2.35. The highest BCUT2D eigenvalue weighted by Crippen LogP contribution is 2.26. The summed E-state index contributed by atoms with van der Waals surface area (Å²) in [6.45, 7) is 6.61. The van der Waals surface area contributed by atoms with Gasteiger partial charge in [-0.15, -0.1) is 10.2 Å². The minimum atomic E-state index is 0.236. The van der Waals surface area contributed by atoms with Gasteiger partial charge in [0, 0.05) is 0 Å². The quantitative estimate of drug-likeness (QED) is 0.681. The molecule has 24 heavy (non-hydrogen) atoms. The van der Waals surface area contributed by atoms with Gasteiger partial charge in [0.1, 0.15) is 11.5 Å². The van der Waals surface area contributed by atoms with E-state index < -0.39 is 0 Å². The molecule has 5 nitrogen and oxygen atoms in total. The molecule has 1 aromatic heterocycles. The lowest BCUT2D eigenvalue weighted by Crippen LogP contribution is -2.00. The van der Waals surface area contributed by atoms with Crippen molar-refractivity contribution in [3.05, 3.63) is 70.9 Å². The third kappa shape index (κ3) is 3.74. The maximum Gasteiger partial charge on any atom is 0.254 e. The summed E-state index contributed by atoms with van der Waals surface area (Å²) >= 11 is 0. The first-order valence-corrected chi connectivity index (χ1v) is 7.82. The molecule has 0 atom stereocenters. The molecular formula is C19H20N2O3. The van der Waals surface area contributed by atoms with Gasteiger partial charge in [0.25, 0.3) is 11.8 Å². The smallest absolute Gasteiger partial charge is 0.254 e. The van der Waals surface area contributed by atoms with Crippen LogP contribution in [-0.4, -0.2) is 10.2 Å². The molecule has 0 N–H and O–H groups in total. The molecule has 0 saturated carbocycles. The molecule has 3 rings (SSSR count). The molecule has 0 aliphatic rings. The normalized spacial score (nSPS) is 10.6. The molecule has 0 radical (unpaired) electrons. The molecule has 0 fully saturated rings. The Bertz CT molecular complexity index is 813. The summed E-state index contributed by atoms with van der Waals surface area (Å²) in [6, 6.07) is 13.6. The minimum Gasteiger partial charge on any atom is -0.484 e. The van der Waals surface area contributed by atoms with Gasteiger partial charge in [0.05, 0.1) is 0 Å². The Balaban J connectivity index is 1.60. The first-order valence-electron chi connectivity index (χ1n) is 7.82. The van der Waals surface area contributed by atoms with E-state index in [0.29, 0.717) is 11.8 Å². The second-order valence-corrected chi connectivity index (χ2v) is 5.63. The summed E-state index contributed by atoms with van der Waals surface area (Å²) in [6.07, 6.45) is 0. The van der Waals surface area contributed by atoms with Gasteiger partial charge in [-0.25, -0.2) is 0 Å². The van der Waals surface area contributed by atoms with E-state index in [1.807, 2.05) is 50.2 Å². The van der Waals surface area contributed by atoms with E-state index in [0.717, 1.165) is 22.6 Å². The van der Waals surface area contributed by atoms with E-state index in [1.165, 1.54) is 5.56 Å². The van der Waals surface area contributed by atoms with Crippen LogP contribution >= 0.6 is 0 Å². The molecule has 3 aromatic rings. The van der Waals surface area contributed by atoms with E-state index in [1.54, 1.807) is 0 Å². The van der Waals surface area contributed by atoms with Crippen molar-refractivity contribution < 1.29 is 13.9 Å². The summed E-state index contributed by atoms with van der Waals surface area (Å²) in [5.41, 5.74) is 3.41. The monoisotopic (exact) mass is 324 g/mol. The third-order valence-electron chi connectivity index (χ3n) is 3.83. The number of para-hydroxylation sites is 1. The number of ether oxygens (including phenoxy) is 2. The Morgan fingerprint density at radius 2 is 1.42 bits per heavy atom. The number of nitrogens with zero attached hydrogens (tertiary/aromatic N) is 2. The van der Waals surface area contributed by atoms with E-state index >= 15 is 0 Å². The summed E-state index contributed by atoms with van der Waals surface area (Å²) < 4.78 is 17.0. The van der Waals surface area contributed by atoms with Gasteiger partial charge in [-0.05, 0) is 49.6 Å². The highest BCUT2D eigenvalue weighted by molar-refractivity contribution is 5.44. The van der Waals surface area contributed by atoms with E-state index in [4.69, 9.17) is 13.9 Å². The lowest BCUT2D eigenvalue weighted by molar-refractivity contribution is 0.230. The van der Waals surface area contributed by atoms with Crippen LogP contribution in [-0.2, 0) is 13.2 Å². The Kier molecular flexibility index (Phi) is 4.79. The summed E-state index contributed by atoms with van der Waals surface area (Å²) in [5, 5.41) is 7.99. The highest BCUT2D eigenvalue weighted by Gasteiger charge is 2.11. The van der Waals surface area contributed by atoms with Crippen LogP contribution in [0.1, 0.15) is 28.5 Å². The molecule has 2 aromatic carbocycles. The minimum absolute atomic E-state index is 0.236. The van der Waals surface area contributed by atoms with Gasteiger partial charge < -0.3 is 13.9 Å². The lowest BCUT2D eigenvalue weighted by atomic mass is 10.1. The zero-order valence-electron chi connectivity index (χ0n) is 14.1. The van der Waals surface area contributed by atoms with E-state index in [9.17, 15) is 0 Å². The lowest BCUT2D eigenvalue weighted by Gasteiger charge is -2.12. The van der Waals surface area contributed by atoms with Crippen molar-refractivity contribution in [2.24, 2.45) is 0 Å². The highest BCUT2D eigenvalue weighted by atomic mass is 16.5. The molecule has 1 heterocycles. The maximum atomic E-state index is 5.87. The van der Waals surface area contributed by atoms with Gasteiger partial charge in [-0.2, -0.15) is 0 Å². The zero-order chi connectivity index (χ0) is 16.9. The fourth-order valence-electron chi connectivity index (χ4n) is 2.35. The van der Waals surface area contributed by atoms with Crippen LogP contribution in [0.5, 0.6) is 11.5 Å². The van der Waals surface area contributed by atoms with Crippen LogP contribution in [0.15, 0.2) is 46.9 Å². The molecule has 0 unspecified atom stereocenters. The number of hydrogen-bond donors (Lipinski definition) is 0. The first kappa shape index (κ1) is 16.1. The molecule has 0 saturated heterocycles. The predicted molar refractivity (Wildman–Crippen MR) is 90.1 cm³/mol. The van der Waals surface area contributed by atoms with Crippen molar-refractivity contribution in [2.75, 3.05) is 0 Å². The predicted octanol–water partition coefficient (Wildman–Crippen LogP) is 4.15. The van der Waals surface area contributed by atoms with Crippen molar-refractivity contribution in [2.45, 2.75) is 34.0 Å². The Morgan fingerprint density at radius 3 is 2.12 bits per heavy atom. The standard InChI is InChI=1S/C19H20N2O3/c1-13-9-10-14(2)19(15(13)3)23-12-18-21-20-17(24-18)11-22-16-7-5-4-6-8-16/h4-10H,11-12H2,1-3H3. The first-order chi connectivity index (χ1) is 11.6. The number of aromatic nitrogens is 2. The maximum absolute atomic E-state index is 5.87. The number of aryl methyl sites for hydroxylation is 2. The summed E-state index contributed by atoms with van der Waals surface area (Å²) in [5.74, 6) is 2.49. The average Bonchev–Trinajstić information content (AvgIpc) is 3.05. The largest absolute Gasteiger partial charge is 0.484 e. The summed E-state index contributed by atoms with van der Waals surface area (Å²) in [4.78, 5) is 0. The number of benzene rings is 2. The Morgan fingerprint density at radius 1 is 0.792 bits per heavy atom. The van der Waals surface area contributed by atoms with Gasteiger partial charge >= 0.3 is 0 Å². The average molecular weight is 324 g/mol. The Hall–Kier alpha value is -2.82. The second-order valence-electron chi connectivity index (χ2n) is 5.63. The van der Waals surface area contributed by atoms with Crippen molar-refractivity contribution in [1.82, 2.24) is 10.2 Å². The zero-order valence-corrected chi connectivity index (χ0v) is 14.1. The molecule has 5 heteroatoms. The van der Waals surface area contributed by atoms with Crippen LogP contribution in [0.25, 0.3) is 0 Å². The SMILES string of the molecule is Cc1ccc(C)c(OCc2nnc(COc3ccccc3)o2)c1C. The summed E-state index contributed by atoms with van der Waals surface area (Å²) in [7, 11) is 0. The molecular weight excluding hydrogens is 304 g/mol. The molecule has 124 valence electrons. The van der Waals surface area contributed by atoms with Gasteiger partial charge in [0.2, 0.25) is 0 Å². The molecule has 0 spiro atoms. The fraction of sp³-hybridized carbons (Fsp3) is 0.263. The van der Waals surface area contributed by atoms with Gasteiger partial charge in [0.15, 0.2) is 13.2 Å². The van der Waals surface area contributed by atoms with Crippen LogP contribution in [0.3, 0.4) is 0 Å². The second kappa shape index (κ2) is 7.17. The van der Waals surface area contributed by atoms with E-state index in [-0.39, 0.29) is 13.2 Å². The Labute approximate surface area is 141 Å². The topological polar surface area (TPSA) is 57.4 Å². The van der Waals surface area contributed by atoms with Crippen LogP contribution in [0.4, 0.5) is 0 Å². The van der Waals surface area contributed by atoms with Crippen molar-refractivity contribution >= 4 is 0 Å². The van der Waals surface area contributed by atoms with Gasteiger partial charge in [-0.3, -0.25) is 0 Å².